The van der Waals surface area contributed by atoms with Crippen molar-refractivity contribution in [2.24, 2.45) is 0 Å². The van der Waals surface area contributed by atoms with Crippen molar-refractivity contribution in [2.45, 2.75) is 13.5 Å². The van der Waals surface area contributed by atoms with Gasteiger partial charge in [-0.1, -0.05) is 5.16 Å². The first kappa shape index (κ1) is 9.45. The van der Waals surface area contributed by atoms with E-state index in [0.29, 0.717) is 5.56 Å². The van der Waals surface area contributed by atoms with Gasteiger partial charge in [-0.15, -0.1) is 0 Å². The van der Waals surface area contributed by atoms with Crippen LogP contribution >= 0.6 is 0 Å². The number of aryl methyl sites for hydroxylation is 1. The highest BCUT2D eigenvalue weighted by Gasteiger charge is 2.17. The van der Waals surface area contributed by atoms with Crippen LogP contribution < -0.4 is 0 Å². The lowest BCUT2D eigenvalue weighted by Crippen LogP contribution is -1.95. The smallest absolute Gasteiger partial charge is 0.341 e. The van der Waals surface area contributed by atoms with E-state index in [1.165, 1.54) is 6.20 Å². The summed E-state index contributed by atoms with van der Waals surface area (Å²) in [5.74, 6) is -0.822. The predicted molar refractivity (Wildman–Crippen MR) is 50.4 cm³/mol. The van der Waals surface area contributed by atoms with Crippen molar-refractivity contribution < 1.29 is 14.4 Å². The molecule has 0 aliphatic rings. The van der Waals surface area contributed by atoms with Gasteiger partial charge in [-0.3, -0.25) is 4.68 Å². The maximum Gasteiger partial charge on any atom is 0.341 e. The summed E-state index contributed by atoms with van der Waals surface area (Å²) in [6.07, 6.45) is 4.45. The summed E-state index contributed by atoms with van der Waals surface area (Å²) < 4.78 is 6.57. The van der Waals surface area contributed by atoms with E-state index in [2.05, 4.69) is 10.3 Å². The van der Waals surface area contributed by atoms with E-state index in [9.17, 15) is 4.79 Å². The van der Waals surface area contributed by atoms with Crippen molar-refractivity contribution in [2.75, 3.05) is 0 Å². The van der Waals surface area contributed by atoms with Crippen LogP contribution in [0.15, 0.2) is 23.1 Å². The number of hydrogen-bond acceptors (Lipinski definition) is 4. The van der Waals surface area contributed by atoms with Crippen LogP contribution in [0.1, 0.15) is 17.3 Å². The van der Waals surface area contributed by atoms with E-state index in [1.807, 2.05) is 6.92 Å². The number of aromatic nitrogens is 3. The van der Waals surface area contributed by atoms with Gasteiger partial charge < -0.3 is 9.63 Å². The van der Waals surface area contributed by atoms with Crippen LogP contribution in [0.5, 0.6) is 0 Å². The molecule has 0 aliphatic heterocycles. The molecule has 0 spiro atoms. The van der Waals surface area contributed by atoms with Crippen molar-refractivity contribution in [1.82, 2.24) is 14.9 Å². The molecule has 78 valence electrons. The zero-order valence-corrected chi connectivity index (χ0v) is 8.04. The van der Waals surface area contributed by atoms with E-state index >= 15 is 0 Å². The highest BCUT2D eigenvalue weighted by atomic mass is 16.5. The number of nitrogens with zero attached hydrogens (tertiary/aromatic N) is 3. The van der Waals surface area contributed by atoms with Crippen molar-refractivity contribution in [3.63, 3.8) is 0 Å². The number of carboxylic acid groups (broad SMARTS) is 1. The van der Waals surface area contributed by atoms with Crippen LogP contribution in [0.25, 0.3) is 11.3 Å². The topological polar surface area (TPSA) is 81.2 Å². The summed E-state index contributed by atoms with van der Waals surface area (Å²) >= 11 is 0. The number of aromatic carboxylic acids is 1. The second kappa shape index (κ2) is 3.56. The molecule has 0 saturated heterocycles. The van der Waals surface area contributed by atoms with Crippen molar-refractivity contribution in [3.05, 3.63) is 24.2 Å². The first-order valence-electron chi connectivity index (χ1n) is 4.43. The Hall–Kier alpha value is -2.11. The molecular weight excluding hydrogens is 198 g/mol. The molecule has 0 amide bonds. The molecule has 0 saturated carbocycles. The number of rotatable bonds is 3. The van der Waals surface area contributed by atoms with Crippen molar-refractivity contribution >= 4 is 5.97 Å². The fourth-order valence-electron chi connectivity index (χ4n) is 1.25. The average Bonchev–Trinajstić information content (AvgIpc) is 2.85. The summed E-state index contributed by atoms with van der Waals surface area (Å²) in [5.41, 5.74) is 0.664. The molecule has 0 radical (unpaired) electrons. The van der Waals surface area contributed by atoms with Gasteiger partial charge in [0.25, 0.3) is 0 Å². The van der Waals surface area contributed by atoms with Crippen LogP contribution in [-0.2, 0) is 6.54 Å². The molecule has 2 aromatic rings. The van der Waals surface area contributed by atoms with E-state index in [1.54, 1.807) is 17.1 Å². The molecular formula is C9H9N3O3. The lowest BCUT2D eigenvalue weighted by atomic mass is 10.2. The summed E-state index contributed by atoms with van der Waals surface area (Å²) in [6, 6.07) is 0. The van der Waals surface area contributed by atoms with E-state index in [4.69, 9.17) is 9.63 Å². The monoisotopic (exact) mass is 207 g/mol. The first-order valence-corrected chi connectivity index (χ1v) is 4.43. The third-order valence-corrected chi connectivity index (χ3v) is 2.02. The van der Waals surface area contributed by atoms with Gasteiger partial charge in [0.15, 0.2) is 5.76 Å². The summed E-state index contributed by atoms with van der Waals surface area (Å²) in [6.45, 7) is 2.66. The second-order valence-electron chi connectivity index (χ2n) is 2.96. The fourth-order valence-corrected chi connectivity index (χ4v) is 1.25. The fraction of sp³-hybridized carbons (Fsp3) is 0.222. The van der Waals surface area contributed by atoms with E-state index in [0.717, 1.165) is 6.54 Å². The van der Waals surface area contributed by atoms with Crippen LogP contribution in [0.2, 0.25) is 0 Å². The number of carboxylic acids is 1. The molecule has 2 rings (SSSR count). The Labute approximate surface area is 85.1 Å². The minimum absolute atomic E-state index is 0.0469. The molecule has 2 aromatic heterocycles. The van der Waals surface area contributed by atoms with E-state index < -0.39 is 5.97 Å². The third-order valence-electron chi connectivity index (χ3n) is 2.02. The molecule has 0 aromatic carbocycles. The highest BCUT2D eigenvalue weighted by Crippen LogP contribution is 2.22. The minimum atomic E-state index is -1.06. The van der Waals surface area contributed by atoms with Gasteiger partial charge in [0.1, 0.15) is 5.56 Å². The molecule has 0 bridgehead atoms. The van der Waals surface area contributed by atoms with Gasteiger partial charge >= 0.3 is 5.97 Å². The highest BCUT2D eigenvalue weighted by molar-refractivity contribution is 5.93. The number of hydrogen-bond donors (Lipinski definition) is 1. The van der Waals surface area contributed by atoms with Gasteiger partial charge in [0.05, 0.1) is 18.0 Å². The SMILES string of the molecule is CCn1cc(-c2oncc2C(=O)O)cn1. The third kappa shape index (κ3) is 1.61. The Morgan fingerprint density at radius 2 is 2.40 bits per heavy atom. The molecule has 15 heavy (non-hydrogen) atoms. The normalized spacial score (nSPS) is 10.5. The zero-order chi connectivity index (χ0) is 10.8. The van der Waals surface area contributed by atoms with Gasteiger partial charge in [0, 0.05) is 12.7 Å². The largest absolute Gasteiger partial charge is 0.477 e. The summed E-state index contributed by atoms with van der Waals surface area (Å²) in [7, 11) is 0. The molecule has 0 fully saturated rings. The van der Waals surface area contributed by atoms with Gasteiger partial charge in [-0.05, 0) is 6.92 Å². The minimum Gasteiger partial charge on any atom is -0.477 e. The number of carbonyl (C=O) groups is 1. The Bertz CT molecular complexity index is 486. The maximum atomic E-state index is 10.8. The second-order valence-corrected chi connectivity index (χ2v) is 2.96. The van der Waals surface area contributed by atoms with Crippen LogP contribution in [0.4, 0.5) is 0 Å². The maximum absolute atomic E-state index is 10.8. The molecule has 0 atom stereocenters. The molecule has 2 heterocycles. The van der Waals surface area contributed by atoms with Crippen LogP contribution in [0, 0.1) is 0 Å². The molecule has 6 heteroatoms. The van der Waals surface area contributed by atoms with Crippen molar-refractivity contribution in [3.8, 4) is 11.3 Å². The summed E-state index contributed by atoms with van der Waals surface area (Å²) in [4.78, 5) is 10.8. The summed E-state index contributed by atoms with van der Waals surface area (Å²) in [5, 5.41) is 16.3. The van der Waals surface area contributed by atoms with E-state index in [-0.39, 0.29) is 11.3 Å². The Kier molecular flexibility index (Phi) is 2.24. The van der Waals surface area contributed by atoms with Crippen molar-refractivity contribution in [1.29, 1.82) is 0 Å². The lowest BCUT2D eigenvalue weighted by Gasteiger charge is -1.92. The molecule has 6 nitrogen and oxygen atoms in total. The van der Waals surface area contributed by atoms with Gasteiger partial charge in [-0.2, -0.15) is 5.10 Å². The first-order chi connectivity index (χ1) is 7.22. The lowest BCUT2D eigenvalue weighted by molar-refractivity contribution is 0.0697. The predicted octanol–water partition coefficient (Wildman–Crippen LogP) is 1.26. The standard InChI is InChI=1S/C9H9N3O3/c1-2-12-5-6(3-10-12)8-7(9(13)14)4-11-15-8/h3-5H,2H2,1H3,(H,13,14). The Balaban J connectivity index is 2.44. The quantitative estimate of drug-likeness (QED) is 0.819. The molecule has 0 unspecified atom stereocenters. The van der Waals surface area contributed by atoms with Crippen LogP contribution in [0.3, 0.4) is 0 Å². The van der Waals surface area contributed by atoms with Gasteiger partial charge in [0.2, 0.25) is 0 Å². The average molecular weight is 207 g/mol. The zero-order valence-electron chi connectivity index (χ0n) is 8.04. The van der Waals surface area contributed by atoms with Crippen LogP contribution in [-0.4, -0.2) is 26.0 Å². The molecule has 1 N–H and O–H groups in total. The van der Waals surface area contributed by atoms with Gasteiger partial charge in [-0.25, -0.2) is 4.79 Å². The molecule has 0 aliphatic carbocycles. The Morgan fingerprint density at radius 3 is 3.00 bits per heavy atom. The Morgan fingerprint density at radius 1 is 1.60 bits per heavy atom.